The molecule has 0 atom stereocenters. The smallest absolute Gasteiger partial charge is 0.452 e. The first-order valence-corrected chi connectivity index (χ1v) is 8.03. The van der Waals surface area contributed by atoms with Crippen LogP contribution in [0, 0.1) is 0 Å². The fourth-order valence-electron chi connectivity index (χ4n) is 1.74. The Labute approximate surface area is 158 Å². The van der Waals surface area contributed by atoms with Gasteiger partial charge in [-0.3, -0.25) is 14.9 Å². The number of para-hydroxylation sites is 1. The number of hydrogen-bond acceptors (Lipinski definition) is 6. The normalized spacial score (nSPS) is 11.0. The average Bonchev–Trinajstić information content (AvgIpc) is 2.64. The van der Waals surface area contributed by atoms with Crippen molar-refractivity contribution in [1.82, 2.24) is 10.6 Å². The molecule has 0 saturated carbocycles. The molecule has 152 valence electrons. The summed E-state index contributed by atoms with van der Waals surface area (Å²) in [4.78, 5) is 45.7. The van der Waals surface area contributed by atoms with Crippen molar-refractivity contribution in [3.63, 3.8) is 0 Å². The molecule has 0 saturated heterocycles. The molecule has 0 fully saturated rings. The second kappa shape index (κ2) is 10.7. The Morgan fingerprint density at radius 2 is 1.82 bits per heavy atom. The zero-order chi connectivity index (χ0) is 21.2. The minimum absolute atomic E-state index is 0.0554. The number of carbonyl (C=O) groups excluding carboxylic acids is 4. The third-order valence-electron chi connectivity index (χ3n) is 3.02. The number of alkyl halides is 3. The van der Waals surface area contributed by atoms with Crippen LogP contribution >= 0.6 is 0 Å². The Kier molecular flexibility index (Phi) is 8.66. The van der Waals surface area contributed by atoms with Crippen molar-refractivity contribution in [3.05, 3.63) is 42.1 Å². The molecule has 28 heavy (non-hydrogen) atoms. The number of anilines is 1. The van der Waals surface area contributed by atoms with Gasteiger partial charge >= 0.3 is 18.2 Å². The molecule has 1 aromatic rings. The lowest BCUT2D eigenvalue weighted by atomic mass is 10.2. The number of esters is 1. The van der Waals surface area contributed by atoms with E-state index in [1.807, 2.05) is 12.2 Å². The Bertz CT molecular complexity index is 763. The number of hydrogen-bond donors (Lipinski definition) is 3. The Balaban J connectivity index is 2.64. The van der Waals surface area contributed by atoms with E-state index in [4.69, 9.17) is 4.74 Å². The third-order valence-corrected chi connectivity index (χ3v) is 3.02. The maximum absolute atomic E-state index is 12.1. The zero-order valence-electron chi connectivity index (χ0n) is 14.8. The van der Waals surface area contributed by atoms with Crippen LogP contribution in [-0.4, -0.2) is 43.0 Å². The molecule has 0 bridgehead atoms. The average molecular weight is 401 g/mol. The van der Waals surface area contributed by atoms with Gasteiger partial charge in [0.15, 0.2) is 6.61 Å². The second-order valence-electron chi connectivity index (χ2n) is 5.27. The zero-order valence-corrected chi connectivity index (χ0v) is 14.8. The number of urea groups is 1. The van der Waals surface area contributed by atoms with Gasteiger partial charge in [0.05, 0.1) is 11.3 Å². The summed E-state index contributed by atoms with van der Waals surface area (Å²) in [5.74, 6) is -3.89. The summed E-state index contributed by atoms with van der Waals surface area (Å²) < 4.78 is 41.2. The van der Waals surface area contributed by atoms with Crippen LogP contribution in [0.3, 0.4) is 0 Å². The number of nitrogens with one attached hydrogen (secondary N) is 3. The van der Waals surface area contributed by atoms with Crippen LogP contribution < -0.4 is 16.0 Å². The molecule has 0 aliphatic heterocycles. The summed E-state index contributed by atoms with van der Waals surface area (Å²) in [7, 11) is 0. The highest BCUT2D eigenvalue weighted by molar-refractivity contribution is 5.99. The van der Waals surface area contributed by atoms with Crippen LogP contribution in [-0.2, 0) is 14.3 Å². The molecule has 0 aromatic heterocycles. The van der Waals surface area contributed by atoms with Gasteiger partial charge in [0.25, 0.3) is 11.7 Å². The number of allylic oxidation sites excluding steroid dienone is 1. The van der Waals surface area contributed by atoms with E-state index >= 15 is 0 Å². The largest absolute Gasteiger partial charge is 0.454 e. The van der Waals surface area contributed by atoms with E-state index in [-0.39, 0.29) is 17.3 Å². The van der Waals surface area contributed by atoms with Gasteiger partial charge in [-0.25, -0.2) is 9.59 Å². The maximum atomic E-state index is 12.1. The summed E-state index contributed by atoms with van der Waals surface area (Å²) in [6, 6.07) is 4.88. The van der Waals surface area contributed by atoms with E-state index < -0.39 is 36.5 Å². The summed E-state index contributed by atoms with van der Waals surface area (Å²) in [6.07, 6.45) is -3.34. The monoisotopic (exact) mass is 401 g/mol. The molecule has 11 heteroatoms. The van der Waals surface area contributed by atoms with Crippen LogP contribution in [0.1, 0.15) is 23.7 Å². The van der Waals surface area contributed by atoms with E-state index in [1.54, 1.807) is 0 Å². The van der Waals surface area contributed by atoms with Gasteiger partial charge in [-0.1, -0.05) is 19.1 Å². The fourth-order valence-corrected chi connectivity index (χ4v) is 1.74. The van der Waals surface area contributed by atoms with E-state index in [2.05, 4.69) is 10.6 Å². The fraction of sp³-hybridized carbons (Fsp3) is 0.294. The highest BCUT2D eigenvalue weighted by Gasteiger charge is 2.36. The van der Waals surface area contributed by atoms with Crippen molar-refractivity contribution < 1.29 is 37.1 Å². The number of halogens is 3. The molecule has 3 N–H and O–H groups in total. The predicted octanol–water partition coefficient (Wildman–Crippen LogP) is 2.14. The van der Waals surface area contributed by atoms with E-state index in [9.17, 15) is 32.3 Å². The summed E-state index contributed by atoms with van der Waals surface area (Å²) in [6.45, 7) is 1.45. The maximum Gasteiger partial charge on any atom is 0.454 e. The van der Waals surface area contributed by atoms with Gasteiger partial charge in [0.1, 0.15) is 0 Å². The van der Waals surface area contributed by atoms with Crippen molar-refractivity contribution in [2.45, 2.75) is 19.5 Å². The first-order valence-electron chi connectivity index (χ1n) is 8.03. The standard InChI is InChI=1S/C17H18F3N3O5/c1-2-8-22-16(27)23-14(25)10-28-15(26)11-5-3-4-6-12(11)21-9-7-13(24)17(18,19)20/h3-7,9,21H,2,8,10H2,1H3,(H2,22,23,25,27)/b9-7+. The Morgan fingerprint density at radius 1 is 1.14 bits per heavy atom. The van der Waals surface area contributed by atoms with Crippen molar-refractivity contribution in [3.8, 4) is 0 Å². The van der Waals surface area contributed by atoms with Gasteiger partial charge in [-0.2, -0.15) is 13.2 Å². The van der Waals surface area contributed by atoms with Gasteiger partial charge in [0.2, 0.25) is 0 Å². The molecule has 0 spiro atoms. The molecule has 0 radical (unpaired) electrons. The van der Waals surface area contributed by atoms with Crippen molar-refractivity contribution in [2.75, 3.05) is 18.5 Å². The van der Waals surface area contributed by atoms with Crippen LogP contribution in [0.2, 0.25) is 0 Å². The molecular formula is C17H18F3N3O5. The number of ether oxygens (including phenoxy) is 1. The third kappa shape index (κ3) is 7.89. The SMILES string of the molecule is CCCNC(=O)NC(=O)COC(=O)c1ccccc1N/C=C/C(=O)C(F)(F)F. The lowest BCUT2D eigenvalue weighted by molar-refractivity contribution is -0.165. The van der Waals surface area contributed by atoms with Crippen molar-refractivity contribution in [1.29, 1.82) is 0 Å². The quantitative estimate of drug-likeness (QED) is 0.454. The molecule has 0 heterocycles. The summed E-state index contributed by atoms with van der Waals surface area (Å²) in [5.41, 5.74) is -0.0327. The predicted molar refractivity (Wildman–Crippen MR) is 92.4 cm³/mol. The van der Waals surface area contributed by atoms with E-state index in [0.29, 0.717) is 13.0 Å². The first-order chi connectivity index (χ1) is 13.1. The van der Waals surface area contributed by atoms with Gasteiger partial charge < -0.3 is 15.4 Å². The number of imide groups is 1. The van der Waals surface area contributed by atoms with Crippen LogP contribution in [0.5, 0.6) is 0 Å². The van der Waals surface area contributed by atoms with Crippen LogP contribution in [0.4, 0.5) is 23.7 Å². The number of carbonyl (C=O) groups is 4. The summed E-state index contributed by atoms with van der Waals surface area (Å²) in [5, 5.41) is 6.73. The van der Waals surface area contributed by atoms with Gasteiger partial charge in [-0.05, 0) is 18.6 Å². The molecule has 1 rings (SSSR count). The topological polar surface area (TPSA) is 114 Å². The highest BCUT2D eigenvalue weighted by Crippen LogP contribution is 2.18. The lowest BCUT2D eigenvalue weighted by Gasteiger charge is -2.10. The van der Waals surface area contributed by atoms with Gasteiger partial charge in [-0.15, -0.1) is 0 Å². The second-order valence-corrected chi connectivity index (χ2v) is 5.27. The minimum atomic E-state index is -5.01. The van der Waals surface area contributed by atoms with Crippen LogP contribution in [0.15, 0.2) is 36.5 Å². The molecule has 8 nitrogen and oxygen atoms in total. The molecular weight excluding hydrogens is 383 g/mol. The summed E-state index contributed by atoms with van der Waals surface area (Å²) >= 11 is 0. The molecule has 0 aliphatic rings. The molecule has 0 aliphatic carbocycles. The number of ketones is 1. The lowest BCUT2D eigenvalue weighted by Crippen LogP contribution is -2.41. The number of benzene rings is 1. The minimum Gasteiger partial charge on any atom is -0.452 e. The van der Waals surface area contributed by atoms with Crippen LogP contribution in [0.25, 0.3) is 0 Å². The van der Waals surface area contributed by atoms with E-state index in [0.717, 1.165) is 6.20 Å². The van der Waals surface area contributed by atoms with Gasteiger partial charge in [0, 0.05) is 18.8 Å². The highest BCUT2D eigenvalue weighted by atomic mass is 19.4. The number of rotatable bonds is 8. The Morgan fingerprint density at radius 3 is 2.46 bits per heavy atom. The van der Waals surface area contributed by atoms with Crippen molar-refractivity contribution in [2.24, 2.45) is 0 Å². The Hall–Kier alpha value is -3.37. The van der Waals surface area contributed by atoms with E-state index in [1.165, 1.54) is 24.3 Å². The number of amides is 3. The molecule has 3 amide bonds. The molecule has 1 aromatic carbocycles. The van der Waals surface area contributed by atoms with Crippen molar-refractivity contribution >= 4 is 29.4 Å². The first kappa shape index (κ1) is 22.7. The molecule has 0 unspecified atom stereocenters.